The summed E-state index contributed by atoms with van der Waals surface area (Å²) in [5.41, 5.74) is 0.696. The topological polar surface area (TPSA) is 57.1 Å². The molecule has 3 rings (SSSR count). The van der Waals surface area contributed by atoms with Gasteiger partial charge in [0, 0.05) is 22.4 Å². The fourth-order valence-corrected chi connectivity index (χ4v) is 4.88. The Morgan fingerprint density at radius 2 is 1.21 bits per heavy atom. The van der Waals surface area contributed by atoms with E-state index < -0.39 is 7.29 Å². The van der Waals surface area contributed by atoms with Gasteiger partial charge >= 0.3 is 0 Å². The van der Waals surface area contributed by atoms with Crippen LogP contribution in [0.2, 0.25) is 0 Å². The van der Waals surface area contributed by atoms with Gasteiger partial charge in [0.15, 0.2) is 11.5 Å². The van der Waals surface area contributed by atoms with E-state index in [2.05, 4.69) is 4.76 Å². The van der Waals surface area contributed by atoms with E-state index in [1.807, 2.05) is 60.7 Å². The second-order valence-electron chi connectivity index (χ2n) is 5.95. The van der Waals surface area contributed by atoms with Gasteiger partial charge < -0.3 is 14.2 Å². The lowest BCUT2D eigenvalue weighted by Gasteiger charge is -2.15. The highest BCUT2D eigenvalue weighted by Gasteiger charge is 2.25. The van der Waals surface area contributed by atoms with Crippen LogP contribution in [0, 0.1) is 0 Å². The van der Waals surface area contributed by atoms with Crippen LogP contribution < -0.4 is 24.8 Å². The van der Waals surface area contributed by atoms with Crippen LogP contribution in [0.3, 0.4) is 0 Å². The number of ether oxygens (including phenoxy) is 3. The number of hydrogen-bond acceptors (Lipinski definition) is 4. The van der Waals surface area contributed by atoms with Gasteiger partial charge in [-0.05, 0) is 36.4 Å². The van der Waals surface area contributed by atoms with E-state index in [0.717, 1.165) is 0 Å². The van der Waals surface area contributed by atoms with Crippen LogP contribution >= 0.6 is 7.29 Å². The highest BCUT2D eigenvalue weighted by atomic mass is 31.2. The van der Waals surface area contributed by atoms with Crippen molar-refractivity contribution in [3.05, 3.63) is 78.4 Å². The zero-order valence-electron chi connectivity index (χ0n) is 16.0. The molecule has 0 saturated carbocycles. The summed E-state index contributed by atoms with van der Waals surface area (Å²) in [6.45, 7) is 0. The van der Waals surface area contributed by atoms with E-state index in [-0.39, 0.29) is 0 Å². The number of nitrogens with zero attached hydrogens (tertiary/aromatic N) is 1. The van der Waals surface area contributed by atoms with Crippen LogP contribution in [0.15, 0.2) is 77.6 Å². The summed E-state index contributed by atoms with van der Waals surface area (Å²) < 4.78 is 34.6. The van der Waals surface area contributed by atoms with E-state index in [0.29, 0.717) is 33.4 Å². The van der Waals surface area contributed by atoms with Gasteiger partial charge in [0.1, 0.15) is 0 Å². The SMILES string of the molecule is COc1cc(/C=N/P(=O)(c2ccccc2)c2ccccc2)cc(OC)c1OC. The summed E-state index contributed by atoms with van der Waals surface area (Å²) in [5.74, 6) is 1.52. The number of hydrogen-bond donors (Lipinski definition) is 0. The van der Waals surface area contributed by atoms with E-state index in [1.54, 1.807) is 39.7 Å². The summed E-state index contributed by atoms with van der Waals surface area (Å²) in [6.07, 6.45) is 1.59. The van der Waals surface area contributed by atoms with E-state index in [1.165, 1.54) is 0 Å². The first-order chi connectivity index (χ1) is 13.6. The van der Waals surface area contributed by atoms with Crippen LogP contribution in [-0.2, 0) is 4.57 Å². The smallest absolute Gasteiger partial charge is 0.247 e. The molecule has 28 heavy (non-hydrogen) atoms. The molecule has 5 nitrogen and oxygen atoms in total. The number of benzene rings is 3. The molecule has 0 heterocycles. The molecule has 0 atom stereocenters. The summed E-state index contributed by atoms with van der Waals surface area (Å²) in [4.78, 5) is 0. The van der Waals surface area contributed by atoms with Crippen molar-refractivity contribution in [3.63, 3.8) is 0 Å². The molecule has 0 aliphatic carbocycles. The molecular formula is C22H22NO4P. The molecule has 0 aromatic heterocycles. The number of rotatable bonds is 7. The van der Waals surface area contributed by atoms with Crippen LogP contribution in [0.1, 0.15) is 5.56 Å². The molecule has 3 aromatic rings. The summed E-state index contributed by atoms with van der Waals surface area (Å²) in [6, 6.07) is 22.1. The molecule has 6 heteroatoms. The minimum atomic E-state index is -3.20. The molecule has 0 spiro atoms. The lowest BCUT2D eigenvalue weighted by molar-refractivity contribution is 0.324. The van der Waals surface area contributed by atoms with Crippen LogP contribution in [0.4, 0.5) is 0 Å². The third-order valence-corrected chi connectivity index (χ3v) is 6.71. The van der Waals surface area contributed by atoms with Gasteiger partial charge in [0.05, 0.1) is 21.3 Å². The van der Waals surface area contributed by atoms with Crippen molar-refractivity contribution in [1.82, 2.24) is 0 Å². The maximum Gasteiger partial charge on any atom is 0.247 e. The van der Waals surface area contributed by atoms with Gasteiger partial charge in [0.25, 0.3) is 0 Å². The lowest BCUT2D eigenvalue weighted by atomic mass is 10.2. The molecule has 144 valence electrons. The van der Waals surface area contributed by atoms with Crippen molar-refractivity contribution >= 4 is 24.1 Å². The Morgan fingerprint density at radius 3 is 1.61 bits per heavy atom. The third-order valence-electron chi connectivity index (χ3n) is 4.27. The standard InChI is InChI=1S/C22H22NO4P/c1-25-20-14-17(15-21(26-2)22(20)27-3)16-23-28(24,18-10-6-4-7-11-18)19-12-8-5-9-13-19/h4-16H,1-3H3/b23-16+. The Labute approximate surface area is 165 Å². The van der Waals surface area contributed by atoms with Gasteiger partial charge in [-0.3, -0.25) is 4.57 Å². The first kappa shape index (κ1) is 19.7. The molecular weight excluding hydrogens is 373 g/mol. The molecule has 0 aliphatic heterocycles. The fourth-order valence-electron chi connectivity index (χ4n) is 2.87. The number of methoxy groups -OCH3 is 3. The van der Waals surface area contributed by atoms with Gasteiger partial charge in [-0.25, -0.2) is 4.76 Å². The van der Waals surface area contributed by atoms with Crippen LogP contribution in [0.5, 0.6) is 17.2 Å². The van der Waals surface area contributed by atoms with Gasteiger partial charge in [-0.15, -0.1) is 0 Å². The monoisotopic (exact) mass is 395 g/mol. The van der Waals surface area contributed by atoms with Crippen molar-refractivity contribution in [2.45, 2.75) is 0 Å². The maximum absolute atomic E-state index is 13.9. The quantitative estimate of drug-likeness (QED) is 0.447. The first-order valence-electron chi connectivity index (χ1n) is 8.69. The second kappa shape index (κ2) is 8.77. The third kappa shape index (κ3) is 3.95. The Bertz CT molecular complexity index is 935. The zero-order valence-corrected chi connectivity index (χ0v) is 16.9. The highest BCUT2D eigenvalue weighted by Crippen LogP contribution is 2.45. The van der Waals surface area contributed by atoms with Gasteiger partial charge in [0.2, 0.25) is 13.0 Å². The summed E-state index contributed by atoms with van der Waals surface area (Å²) in [7, 11) is 1.46. The summed E-state index contributed by atoms with van der Waals surface area (Å²) in [5, 5.41) is 1.34. The Morgan fingerprint density at radius 1 is 0.750 bits per heavy atom. The van der Waals surface area contributed by atoms with Crippen molar-refractivity contribution in [3.8, 4) is 17.2 Å². The molecule has 0 unspecified atom stereocenters. The molecule has 0 N–H and O–H groups in total. The van der Waals surface area contributed by atoms with Crippen molar-refractivity contribution in [2.75, 3.05) is 21.3 Å². The Hall–Kier alpha value is -3.04. The van der Waals surface area contributed by atoms with Crippen molar-refractivity contribution in [2.24, 2.45) is 4.76 Å². The predicted octanol–water partition coefficient (Wildman–Crippen LogP) is 4.06. The highest BCUT2D eigenvalue weighted by molar-refractivity contribution is 7.77. The van der Waals surface area contributed by atoms with Crippen molar-refractivity contribution < 1.29 is 18.8 Å². The van der Waals surface area contributed by atoms with Gasteiger partial charge in [-0.2, -0.15) is 0 Å². The fraction of sp³-hybridized carbons (Fsp3) is 0.136. The first-order valence-corrected chi connectivity index (χ1v) is 10.3. The lowest BCUT2D eigenvalue weighted by Crippen LogP contribution is -2.14. The second-order valence-corrected chi connectivity index (χ2v) is 8.37. The zero-order chi connectivity index (χ0) is 20.0. The average Bonchev–Trinajstić information content (AvgIpc) is 2.77. The molecule has 0 fully saturated rings. The Kier molecular flexibility index (Phi) is 6.17. The molecule has 0 aliphatic rings. The molecule has 3 aromatic carbocycles. The summed E-state index contributed by atoms with van der Waals surface area (Å²) >= 11 is 0. The molecule has 0 radical (unpaired) electrons. The largest absolute Gasteiger partial charge is 0.493 e. The molecule has 0 amide bonds. The minimum Gasteiger partial charge on any atom is -0.493 e. The van der Waals surface area contributed by atoms with E-state index >= 15 is 0 Å². The molecule has 0 bridgehead atoms. The predicted molar refractivity (Wildman–Crippen MR) is 113 cm³/mol. The minimum absolute atomic E-state index is 0.497. The van der Waals surface area contributed by atoms with E-state index in [4.69, 9.17) is 14.2 Å². The van der Waals surface area contributed by atoms with Crippen molar-refractivity contribution in [1.29, 1.82) is 0 Å². The van der Waals surface area contributed by atoms with Crippen LogP contribution in [0.25, 0.3) is 0 Å². The molecule has 0 saturated heterocycles. The average molecular weight is 395 g/mol. The normalized spacial score (nSPS) is 11.4. The van der Waals surface area contributed by atoms with E-state index in [9.17, 15) is 4.57 Å². The van der Waals surface area contributed by atoms with Gasteiger partial charge in [-0.1, -0.05) is 36.4 Å². The Balaban J connectivity index is 2.10. The van der Waals surface area contributed by atoms with Crippen LogP contribution in [-0.4, -0.2) is 27.5 Å². The maximum atomic E-state index is 13.9.